The third-order valence-corrected chi connectivity index (χ3v) is 4.20. The van der Waals surface area contributed by atoms with E-state index in [1.165, 1.54) is 0 Å². The van der Waals surface area contributed by atoms with Crippen LogP contribution in [0, 0.1) is 0 Å². The maximum absolute atomic E-state index is 12.6. The summed E-state index contributed by atoms with van der Waals surface area (Å²) in [6.07, 6.45) is 9.09. The molecule has 0 spiro atoms. The van der Waals surface area contributed by atoms with Gasteiger partial charge in [0.05, 0.1) is 14.2 Å². The fourth-order valence-electron chi connectivity index (χ4n) is 2.68. The number of hydrogen-bond donors (Lipinski definition) is 0. The predicted octanol–water partition coefficient (Wildman–Crippen LogP) is 3.30. The molecule has 0 radical (unpaired) electrons. The van der Waals surface area contributed by atoms with Gasteiger partial charge in [-0.25, -0.2) is 0 Å². The van der Waals surface area contributed by atoms with E-state index in [-0.39, 0.29) is 5.91 Å². The minimum Gasteiger partial charge on any atom is -0.493 e. The van der Waals surface area contributed by atoms with E-state index < -0.39 is 0 Å². The molecule has 0 unspecified atom stereocenters. The molecule has 2 aromatic rings. The molecule has 1 aromatic heterocycles. The van der Waals surface area contributed by atoms with Crippen LogP contribution < -0.4 is 9.47 Å². The lowest BCUT2D eigenvalue weighted by molar-refractivity contribution is -0.127. The first-order chi connectivity index (χ1) is 12.2. The molecule has 1 saturated carbocycles. The Morgan fingerprint density at radius 2 is 1.88 bits per heavy atom. The maximum Gasteiger partial charge on any atom is 0.247 e. The molecule has 0 bridgehead atoms. The van der Waals surface area contributed by atoms with Crippen LogP contribution in [0.2, 0.25) is 0 Å². The molecular weight excluding hydrogens is 316 g/mol. The summed E-state index contributed by atoms with van der Waals surface area (Å²) >= 11 is 0. The Labute approximate surface area is 147 Å². The van der Waals surface area contributed by atoms with Gasteiger partial charge >= 0.3 is 0 Å². The summed E-state index contributed by atoms with van der Waals surface area (Å²) in [6.45, 7) is 0.613. The third kappa shape index (κ3) is 4.38. The maximum atomic E-state index is 12.6. The van der Waals surface area contributed by atoms with Gasteiger partial charge in [0.2, 0.25) is 5.91 Å². The molecule has 0 saturated heterocycles. The quantitative estimate of drug-likeness (QED) is 0.727. The second-order valence-corrected chi connectivity index (χ2v) is 6.00. The summed E-state index contributed by atoms with van der Waals surface area (Å²) in [7, 11) is 3.20. The first-order valence-corrected chi connectivity index (χ1v) is 8.31. The van der Waals surface area contributed by atoms with E-state index in [1.807, 2.05) is 41.3 Å². The number of carbonyl (C=O) groups is 1. The summed E-state index contributed by atoms with van der Waals surface area (Å²) in [5.74, 6) is 1.34. The first kappa shape index (κ1) is 17.0. The molecule has 0 aliphatic heterocycles. The van der Waals surface area contributed by atoms with E-state index in [0.717, 1.165) is 24.0 Å². The van der Waals surface area contributed by atoms with Crippen LogP contribution in [0.3, 0.4) is 0 Å². The highest BCUT2D eigenvalue weighted by Gasteiger charge is 2.31. The average Bonchev–Trinajstić information content (AvgIpc) is 3.49. The van der Waals surface area contributed by atoms with Crippen LogP contribution in [0.1, 0.15) is 24.0 Å². The lowest BCUT2D eigenvalue weighted by Crippen LogP contribution is -2.31. The molecule has 25 heavy (non-hydrogen) atoms. The summed E-state index contributed by atoms with van der Waals surface area (Å²) in [5, 5.41) is 0. The van der Waals surface area contributed by atoms with Gasteiger partial charge in [0.25, 0.3) is 0 Å². The number of hydrogen-bond acceptors (Lipinski definition) is 4. The topological polar surface area (TPSA) is 51.7 Å². The number of nitrogens with zero attached hydrogens (tertiary/aromatic N) is 2. The van der Waals surface area contributed by atoms with Gasteiger partial charge in [-0.2, -0.15) is 0 Å². The van der Waals surface area contributed by atoms with Gasteiger partial charge in [-0.3, -0.25) is 9.78 Å². The molecule has 1 heterocycles. The van der Waals surface area contributed by atoms with Crippen molar-refractivity contribution in [2.24, 2.45) is 0 Å². The van der Waals surface area contributed by atoms with Crippen molar-refractivity contribution in [3.8, 4) is 11.5 Å². The molecule has 130 valence electrons. The minimum absolute atomic E-state index is 0.0223. The van der Waals surface area contributed by atoms with Crippen molar-refractivity contribution in [3.63, 3.8) is 0 Å². The third-order valence-electron chi connectivity index (χ3n) is 4.20. The van der Waals surface area contributed by atoms with Crippen molar-refractivity contribution in [3.05, 3.63) is 59.9 Å². The van der Waals surface area contributed by atoms with E-state index in [0.29, 0.717) is 24.1 Å². The largest absolute Gasteiger partial charge is 0.493 e. The molecule has 0 N–H and O–H groups in total. The fraction of sp³-hybridized carbons (Fsp3) is 0.300. The molecule has 5 heteroatoms. The number of pyridine rings is 1. The van der Waals surface area contributed by atoms with Gasteiger partial charge in [0, 0.05) is 31.1 Å². The SMILES string of the molecule is COc1ccc(/C=C/C(=O)N(Cc2ccncc2)C2CC2)cc1OC. The highest BCUT2D eigenvalue weighted by Crippen LogP contribution is 2.30. The molecule has 1 fully saturated rings. The Kier molecular flexibility index (Phi) is 5.33. The number of amides is 1. The Bertz CT molecular complexity index is 755. The van der Waals surface area contributed by atoms with E-state index in [4.69, 9.17) is 9.47 Å². The van der Waals surface area contributed by atoms with Crippen LogP contribution in [0.5, 0.6) is 11.5 Å². The van der Waals surface area contributed by atoms with E-state index in [1.54, 1.807) is 32.7 Å². The minimum atomic E-state index is 0.0223. The first-order valence-electron chi connectivity index (χ1n) is 8.31. The number of rotatable bonds is 7. The number of aromatic nitrogens is 1. The van der Waals surface area contributed by atoms with Gasteiger partial charge < -0.3 is 14.4 Å². The average molecular weight is 338 g/mol. The fourth-order valence-corrected chi connectivity index (χ4v) is 2.68. The van der Waals surface area contributed by atoms with Crippen molar-refractivity contribution >= 4 is 12.0 Å². The summed E-state index contributed by atoms with van der Waals surface area (Å²) < 4.78 is 10.5. The van der Waals surface area contributed by atoms with Crippen LogP contribution in [0.15, 0.2) is 48.8 Å². The molecule has 0 atom stereocenters. The molecule has 1 aromatic carbocycles. The van der Waals surface area contributed by atoms with Crippen LogP contribution >= 0.6 is 0 Å². The summed E-state index contributed by atoms with van der Waals surface area (Å²) in [6, 6.07) is 9.82. The number of benzene rings is 1. The lowest BCUT2D eigenvalue weighted by atomic mass is 10.1. The molecule has 1 aliphatic carbocycles. The highest BCUT2D eigenvalue weighted by molar-refractivity contribution is 5.92. The highest BCUT2D eigenvalue weighted by atomic mass is 16.5. The van der Waals surface area contributed by atoms with E-state index in [9.17, 15) is 4.79 Å². The smallest absolute Gasteiger partial charge is 0.247 e. The second kappa shape index (κ2) is 7.83. The molecule has 3 rings (SSSR count). The number of ether oxygens (including phenoxy) is 2. The van der Waals surface area contributed by atoms with Gasteiger partial charge in [-0.15, -0.1) is 0 Å². The Morgan fingerprint density at radius 1 is 1.16 bits per heavy atom. The zero-order chi connectivity index (χ0) is 17.6. The van der Waals surface area contributed by atoms with Crippen molar-refractivity contribution in [1.29, 1.82) is 0 Å². The van der Waals surface area contributed by atoms with Crippen LogP contribution in [0.25, 0.3) is 6.08 Å². The summed E-state index contributed by atoms with van der Waals surface area (Å²) in [5.41, 5.74) is 1.99. The molecular formula is C20H22N2O3. The van der Waals surface area contributed by atoms with Gasteiger partial charge in [0.15, 0.2) is 11.5 Å². The van der Waals surface area contributed by atoms with Crippen molar-refractivity contribution in [1.82, 2.24) is 9.88 Å². The molecule has 1 amide bonds. The Hall–Kier alpha value is -2.82. The monoisotopic (exact) mass is 338 g/mol. The normalized spacial score (nSPS) is 13.7. The number of methoxy groups -OCH3 is 2. The van der Waals surface area contributed by atoms with E-state index in [2.05, 4.69) is 4.98 Å². The number of carbonyl (C=O) groups excluding carboxylic acids is 1. The standard InChI is InChI=1S/C20H22N2O3/c1-24-18-7-3-15(13-19(18)25-2)4-8-20(23)22(17-5-6-17)14-16-9-11-21-12-10-16/h3-4,7-13,17H,5-6,14H2,1-2H3/b8-4+. The predicted molar refractivity (Wildman–Crippen MR) is 96.4 cm³/mol. The van der Waals surface area contributed by atoms with Gasteiger partial charge in [0.1, 0.15) is 0 Å². The van der Waals surface area contributed by atoms with Crippen LogP contribution in [-0.4, -0.2) is 36.1 Å². The van der Waals surface area contributed by atoms with Crippen LogP contribution in [0.4, 0.5) is 0 Å². The zero-order valence-corrected chi connectivity index (χ0v) is 14.5. The zero-order valence-electron chi connectivity index (χ0n) is 14.5. The van der Waals surface area contributed by atoms with Gasteiger partial charge in [-0.05, 0) is 54.3 Å². The van der Waals surface area contributed by atoms with Crippen LogP contribution in [-0.2, 0) is 11.3 Å². The second-order valence-electron chi connectivity index (χ2n) is 6.00. The Morgan fingerprint density at radius 3 is 2.52 bits per heavy atom. The van der Waals surface area contributed by atoms with Crippen molar-refractivity contribution < 1.29 is 14.3 Å². The van der Waals surface area contributed by atoms with Gasteiger partial charge in [-0.1, -0.05) is 6.07 Å². The van der Waals surface area contributed by atoms with E-state index >= 15 is 0 Å². The molecule has 1 aliphatic rings. The summed E-state index contributed by atoms with van der Waals surface area (Å²) in [4.78, 5) is 18.6. The lowest BCUT2D eigenvalue weighted by Gasteiger charge is -2.20. The molecule has 5 nitrogen and oxygen atoms in total. The Balaban J connectivity index is 1.72. The van der Waals surface area contributed by atoms with Crippen molar-refractivity contribution in [2.75, 3.05) is 14.2 Å². The van der Waals surface area contributed by atoms with Crippen molar-refractivity contribution in [2.45, 2.75) is 25.4 Å².